The predicted octanol–water partition coefficient (Wildman–Crippen LogP) is 3.23. The van der Waals surface area contributed by atoms with Crippen LogP contribution in [0.5, 0.6) is 0 Å². The van der Waals surface area contributed by atoms with Crippen molar-refractivity contribution in [1.82, 2.24) is 4.90 Å². The first-order valence-electron chi connectivity index (χ1n) is 5.42. The van der Waals surface area contributed by atoms with E-state index in [4.69, 9.17) is 11.6 Å². The van der Waals surface area contributed by atoms with Gasteiger partial charge in [-0.3, -0.25) is 0 Å². The SMILES string of the molecule is CCC(C)CN(CC)CC(C)CCl. The molecule has 2 unspecified atom stereocenters. The molecule has 0 spiro atoms. The van der Waals surface area contributed by atoms with Crippen molar-refractivity contribution >= 4 is 11.6 Å². The fourth-order valence-electron chi connectivity index (χ4n) is 1.39. The van der Waals surface area contributed by atoms with Crippen molar-refractivity contribution < 1.29 is 0 Å². The fraction of sp³-hybridized carbons (Fsp3) is 1.00. The van der Waals surface area contributed by atoms with Gasteiger partial charge in [0, 0.05) is 19.0 Å². The van der Waals surface area contributed by atoms with Gasteiger partial charge in [-0.15, -0.1) is 11.6 Å². The van der Waals surface area contributed by atoms with Gasteiger partial charge in [-0.05, 0) is 18.4 Å². The van der Waals surface area contributed by atoms with Crippen LogP contribution in [0.4, 0.5) is 0 Å². The summed E-state index contributed by atoms with van der Waals surface area (Å²) in [5.41, 5.74) is 0. The van der Waals surface area contributed by atoms with Gasteiger partial charge in [0.25, 0.3) is 0 Å². The molecule has 0 aliphatic rings. The number of alkyl halides is 1. The Balaban J connectivity index is 3.74. The molecule has 0 aliphatic heterocycles. The Morgan fingerprint density at radius 1 is 1.08 bits per heavy atom. The third-order valence-corrected chi connectivity index (χ3v) is 3.07. The van der Waals surface area contributed by atoms with E-state index in [9.17, 15) is 0 Å². The van der Waals surface area contributed by atoms with Crippen molar-refractivity contribution in [3.63, 3.8) is 0 Å². The van der Waals surface area contributed by atoms with Gasteiger partial charge in [-0.25, -0.2) is 0 Å². The molecule has 0 radical (unpaired) electrons. The summed E-state index contributed by atoms with van der Waals surface area (Å²) in [6.45, 7) is 12.5. The van der Waals surface area contributed by atoms with E-state index in [-0.39, 0.29) is 0 Å². The number of hydrogen-bond acceptors (Lipinski definition) is 1. The molecule has 13 heavy (non-hydrogen) atoms. The van der Waals surface area contributed by atoms with Gasteiger partial charge >= 0.3 is 0 Å². The highest BCUT2D eigenvalue weighted by molar-refractivity contribution is 6.18. The van der Waals surface area contributed by atoms with E-state index in [1.807, 2.05) is 0 Å². The standard InChI is InChI=1S/C11H24ClN/c1-5-10(3)8-13(6-2)9-11(4)7-12/h10-11H,5-9H2,1-4H3. The molecule has 0 bridgehead atoms. The average Bonchev–Trinajstić information content (AvgIpc) is 2.16. The summed E-state index contributed by atoms with van der Waals surface area (Å²) in [5, 5.41) is 0. The molecule has 1 nitrogen and oxygen atoms in total. The molecule has 0 aromatic heterocycles. The highest BCUT2D eigenvalue weighted by Gasteiger charge is 2.10. The quantitative estimate of drug-likeness (QED) is 0.577. The first-order valence-corrected chi connectivity index (χ1v) is 5.95. The van der Waals surface area contributed by atoms with E-state index >= 15 is 0 Å². The van der Waals surface area contributed by atoms with Crippen LogP contribution in [0.25, 0.3) is 0 Å². The lowest BCUT2D eigenvalue weighted by atomic mass is 10.1. The van der Waals surface area contributed by atoms with Crippen molar-refractivity contribution in [3.8, 4) is 0 Å². The molecule has 0 saturated carbocycles. The first kappa shape index (κ1) is 13.2. The second kappa shape index (κ2) is 7.64. The van der Waals surface area contributed by atoms with Crippen LogP contribution >= 0.6 is 11.6 Å². The number of hydrogen-bond donors (Lipinski definition) is 0. The molecular formula is C11H24ClN. The maximum absolute atomic E-state index is 5.80. The summed E-state index contributed by atoms with van der Waals surface area (Å²) in [7, 11) is 0. The summed E-state index contributed by atoms with van der Waals surface area (Å²) < 4.78 is 0. The molecule has 0 fully saturated rings. The Hall–Kier alpha value is 0.250. The lowest BCUT2D eigenvalue weighted by molar-refractivity contribution is 0.222. The number of halogens is 1. The van der Waals surface area contributed by atoms with Crippen LogP contribution in [-0.4, -0.2) is 30.4 Å². The van der Waals surface area contributed by atoms with Gasteiger partial charge < -0.3 is 4.90 Å². The zero-order chi connectivity index (χ0) is 10.3. The molecule has 2 atom stereocenters. The number of rotatable bonds is 7. The molecule has 0 aliphatic carbocycles. The van der Waals surface area contributed by atoms with Gasteiger partial charge in [0.2, 0.25) is 0 Å². The predicted molar refractivity (Wildman–Crippen MR) is 61.5 cm³/mol. The Kier molecular flexibility index (Phi) is 7.78. The van der Waals surface area contributed by atoms with E-state index in [2.05, 4.69) is 32.6 Å². The van der Waals surface area contributed by atoms with Crippen molar-refractivity contribution in [2.24, 2.45) is 11.8 Å². The van der Waals surface area contributed by atoms with Crippen LogP contribution in [0, 0.1) is 11.8 Å². The van der Waals surface area contributed by atoms with Gasteiger partial charge in [-0.2, -0.15) is 0 Å². The van der Waals surface area contributed by atoms with Crippen LogP contribution in [0.3, 0.4) is 0 Å². The second-order valence-corrected chi connectivity index (χ2v) is 4.43. The Morgan fingerprint density at radius 2 is 1.62 bits per heavy atom. The highest BCUT2D eigenvalue weighted by atomic mass is 35.5. The van der Waals surface area contributed by atoms with Crippen LogP contribution < -0.4 is 0 Å². The lowest BCUT2D eigenvalue weighted by Crippen LogP contribution is -2.32. The van der Waals surface area contributed by atoms with Crippen molar-refractivity contribution in [3.05, 3.63) is 0 Å². The van der Waals surface area contributed by atoms with Crippen LogP contribution in [-0.2, 0) is 0 Å². The van der Waals surface area contributed by atoms with Crippen molar-refractivity contribution in [2.45, 2.75) is 34.1 Å². The van der Waals surface area contributed by atoms with Gasteiger partial charge in [0.1, 0.15) is 0 Å². The van der Waals surface area contributed by atoms with E-state index in [0.717, 1.165) is 24.9 Å². The Labute approximate surface area is 88.5 Å². The summed E-state index contributed by atoms with van der Waals surface area (Å²) in [5.74, 6) is 2.20. The zero-order valence-electron chi connectivity index (χ0n) is 9.52. The first-order chi connectivity index (χ1) is 6.13. The summed E-state index contributed by atoms with van der Waals surface area (Å²) in [6.07, 6.45) is 1.27. The monoisotopic (exact) mass is 205 g/mol. The molecule has 2 heteroatoms. The topological polar surface area (TPSA) is 3.24 Å². The minimum Gasteiger partial charge on any atom is -0.303 e. The number of nitrogens with zero attached hydrogens (tertiary/aromatic N) is 1. The smallest absolute Gasteiger partial charge is 0.0261 e. The molecule has 0 N–H and O–H groups in total. The molecule has 0 rings (SSSR count). The lowest BCUT2D eigenvalue weighted by Gasteiger charge is -2.25. The van der Waals surface area contributed by atoms with Crippen molar-refractivity contribution in [1.29, 1.82) is 0 Å². The van der Waals surface area contributed by atoms with E-state index < -0.39 is 0 Å². The van der Waals surface area contributed by atoms with Gasteiger partial charge in [-0.1, -0.05) is 34.1 Å². The Bertz CT molecular complexity index is 105. The largest absolute Gasteiger partial charge is 0.303 e. The Morgan fingerprint density at radius 3 is 2.00 bits per heavy atom. The van der Waals surface area contributed by atoms with Crippen LogP contribution in [0.15, 0.2) is 0 Å². The van der Waals surface area contributed by atoms with Crippen molar-refractivity contribution in [2.75, 3.05) is 25.5 Å². The molecule has 0 saturated heterocycles. The summed E-state index contributed by atoms with van der Waals surface area (Å²) in [4.78, 5) is 2.50. The van der Waals surface area contributed by atoms with E-state index in [0.29, 0.717) is 5.92 Å². The molecule has 0 amide bonds. The van der Waals surface area contributed by atoms with Crippen LogP contribution in [0.1, 0.15) is 34.1 Å². The third kappa shape index (κ3) is 6.34. The fourth-order valence-corrected chi connectivity index (χ4v) is 1.49. The molecule has 0 aromatic carbocycles. The highest BCUT2D eigenvalue weighted by Crippen LogP contribution is 2.07. The maximum atomic E-state index is 5.80. The minimum atomic E-state index is 0.616. The van der Waals surface area contributed by atoms with Gasteiger partial charge in [0.15, 0.2) is 0 Å². The normalized spacial score (nSPS) is 16.2. The second-order valence-electron chi connectivity index (χ2n) is 4.13. The third-order valence-electron chi connectivity index (χ3n) is 2.55. The molecule has 80 valence electrons. The van der Waals surface area contributed by atoms with E-state index in [1.54, 1.807) is 0 Å². The zero-order valence-corrected chi connectivity index (χ0v) is 10.3. The average molecular weight is 206 g/mol. The van der Waals surface area contributed by atoms with E-state index in [1.165, 1.54) is 13.0 Å². The summed E-state index contributed by atoms with van der Waals surface area (Å²) >= 11 is 5.80. The molecule has 0 heterocycles. The molecular weight excluding hydrogens is 182 g/mol. The maximum Gasteiger partial charge on any atom is 0.0261 e. The van der Waals surface area contributed by atoms with Gasteiger partial charge in [0.05, 0.1) is 0 Å². The summed E-state index contributed by atoms with van der Waals surface area (Å²) in [6, 6.07) is 0. The molecule has 0 aromatic rings. The minimum absolute atomic E-state index is 0.616. The van der Waals surface area contributed by atoms with Crippen LogP contribution in [0.2, 0.25) is 0 Å².